The molecule has 0 aromatic carbocycles. The van der Waals surface area contributed by atoms with Gasteiger partial charge in [0.2, 0.25) is 0 Å². The minimum absolute atomic E-state index is 0.298. The zero-order valence-electron chi connectivity index (χ0n) is 7.26. The normalized spacial score (nSPS) is 14.1. The highest BCUT2D eigenvalue weighted by Gasteiger charge is 2.05. The van der Waals surface area contributed by atoms with Gasteiger partial charge in [-0.3, -0.25) is 0 Å². The third-order valence-corrected chi connectivity index (χ3v) is 1.66. The Balaban J connectivity index is 3.13. The summed E-state index contributed by atoms with van der Waals surface area (Å²) in [7, 11) is 0. The monoisotopic (exact) mass is 145 g/mol. The predicted molar refractivity (Wildman–Crippen MR) is 43.9 cm³/mol. The first-order valence-electron chi connectivity index (χ1n) is 4.01. The van der Waals surface area contributed by atoms with Crippen LogP contribution in [0.1, 0.15) is 27.2 Å². The van der Waals surface area contributed by atoms with Gasteiger partial charge in [0.15, 0.2) is 0 Å². The van der Waals surface area contributed by atoms with E-state index in [1.165, 1.54) is 0 Å². The molecule has 0 saturated carbocycles. The van der Waals surface area contributed by atoms with Crippen molar-refractivity contribution in [3.8, 4) is 0 Å². The Morgan fingerprint density at radius 1 is 1.40 bits per heavy atom. The van der Waals surface area contributed by atoms with E-state index in [0.29, 0.717) is 12.0 Å². The first-order valence-corrected chi connectivity index (χ1v) is 4.01. The number of ether oxygens (including phenoxy) is 1. The molecular formula is C8H19NO. The van der Waals surface area contributed by atoms with E-state index < -0.39 is 0 Å². The second-order valence-corrected chi connectivity index (χ2v) is 2.89. The summed E-state index contributed by atoms with van der Waals surface area (Å²) in [6, 6.07) is 0.298. The molecule has 62 valence electrons. The van der Waals surface area contributed by atoms with E-state index in [1.54, 1.807) is 0 Å². The molecule has 0 aromatic rings. The van der Waals surface area contributed by atoms with Crippen LogP contribution < -0.4 is 5.73 Å². The quantitative estimate of drug-likeness (QED) is 0.593. The van der Waals surface area contributed by atoms with Crippen molar-refractivity contribution >= 4 is 0 Å². The fourth-order valence-electron chi connectivity index (χ4n) is 0.697. The van der Waals surface area contributed by atoms with Crippen LogP contribution in [0, 0.1) is 5.92 Å². The molecule has 2 nitrogen and oxygen atoms in total. The van der Waals surface area contributed by atoms with Gasteiger partial charge in [-0.2, -0.15) is 0 Å². The van der Waals surface area contributed by atoms with Crippen LogP contribution in [0.25, 0.3) is 0 Å². The zero-order chi connectivity index (χ0) is 7.98. The van der Waals surface area contributed by atoms with Gasteiger partial charge in [-0.05, 0) is 19.3 Å². The summed E-state index contributed by atoms with van der Waals surface area (Å²) in [4.78, 5) is 0. The molecule has 0 aliphatic rings. The van der Waals surface area contributed by atoms with Crippen LogP contribution in [-0.2, 0) is 4.74 Å². The number of rotatable bonds is 5. The van der Waals surface area contributed by atoms with E-state index in [9.17, 15) is 0 Å². The highest BCUT2D eigenvalue weighted by molar-refractivity contribution is 4.63. The molecule has 2 heteroatoms. The molecule has 1 atom stereocenters. The first kappa shape index (κ1) is 9.92. The fourth-order valence-corrected chi connectivity index (χ4v) is 0.697. The van der Waals surface area contributed by atoms with Gasteiger partial charge >= 0.3 is 0 Å². The molecule has 10 heavy (non-hydrogen) atoms. The van der Waals surface area contributed by atoms with Gasteiger partial charge in [0.1, 0.15) is 0 Å². The largest absolute Gasteiger partial charge is 0.382 e. The molecule has 1 unspecified atom stereocenters. The number of hydrogen-bond acceptors (Lipinski definition) is 2. The van der Waals surface area contributed by atoms with E-state index in [0.717, 1.165) is 19.6 Å². The van der Waals surface area contributed by atoms with Crippen molar-refractivity contribution in [1.82, 2.24) is 0 Å². The minimum atomic E-state index is 0.298. The zero-order valence-corrected chi connectivity index (χ0v) is 7.26. The Bertz CT molecular complexity index is 73.7. The second kappa shape index (κ2) is 5.69. The van der Waals surface area contributed by atoms with Crippen molar-refractivity contribution in [1.29, 1.82) is 0 Å². The van der Waals surface area contributed by atoms with Gasteiger partial charge in [0.25, 0.3) is 0 Å². The molecule has 2 N–H and O–H groups in total. The second-order valence-electron chi connectivity index (χ2n) is 2.89. The van der Waals surface area contributed by atoms with Crippen LogP contribution in [0.15, 0.2) is 0 Å². The van der Waals surface area contributed by atoms with Gasteiger partial charge in [-0.1, -0.05) is 13.8 Å². The van der Waals surface area contributed by atoms with Crippen LogP contribution in [-0.4, -0.2) is 19.3 Å². The Hall–Kier alpha value is -0.0800. The summed E-state index contributed by atoms with van der Waals surface area (Å²) >= 11 is 0. The van der Waals surface area contributed by atoms with E-state index in [2.05, 4.69) is 13.8 Å². The maximum Gasteiger partial charge on any atom is 0.0480 e. The minimum Gasteiger partial charge on any atom is -0.382 e. The molecular weight excluding hydrogens is 126 g/mol. The van der Waals surface area contributed by atoms with Crippen LogP contribution in [0.5, 0.6) is 0 Å². The Morgan fingerprint density at radius 3 is 2.40 bits per heavy atom. The van der Waals surface area contributed by atoms with E-state index in [4.69, 9.17) is 10.5 Å². The average Bonchev–Trinajstić information content (AvgIpc) is 1.88. The Morgan fingerprint density at radius 2 is 2.00 bits per heavy atom. The van der Waals surface area contributed by atoms with Crippen molar-refractivity contribution in [2.24, 2.45) is 11.7 Å². The van der Waals surface area contributed by atoms with Gasteiger partial charge < -0.3 is 10.5 Å². The molecule has 0 heterocycles. The van der Waals surface area contributed by atoms with E-state index in [1.807, 2.05) is 6.92 Å². The van der Waals surface area contributed by atoms with Crippen molar-refractivity contribution < 1.29 is 4.74 Å². The SMILES string of the molecule is CCOCCC(N)C(C)C. The predicted octanol–water partition coefficient (Wildman–Crippen LogP) is 1.40. The van der Waals surface area contributed by atoms with E-state index >= 15 is 0 Å². The third-order valence-electron chi connectivity index (χ3n) is 1.66. The lowest BCUT2D eigenvalue weighted by Crippen LogP contribution is -2.27. The van der Waals surface area contributed by atoms with E-state index in [-0.39, 0.29) is 0 Å². The number of hydrogen-bond donors (Lipinski definition) is 1. The fraction of sp³-hybridized carbons (Fsp3) is 1.00. The maximum absolute atomic E-state index is 5.78. The summed E-state index contributed by atoms with van der Waals surface area (Å²) in [6.07, 6.45) is 0.978. The topological polar surface area (TPSA) is 35.2 Å². The summed E-state index contributed by atoms with van der Waals surface area (Å²) < 4.78 is 5.17. The van der Waals surface area contributed by atoms with Gasteiger partial charge in [-0.15, -0.1) is 0 Å². The summed E-state index contributed by atoms with van der Waals surface area (Å²) in [5, 5.41) is 0. The molecule has 0 spiro atoms. The molecule has 0 radical (unpaired) electrons. The highest BCUT2D eigenvalue weighted by atomic mass is 16.5. The van der Waals surface area contributed by atoms with Crippen LogP contribution in [0.2, 0.25) is 0 Å². The van der Waals surface area contributed by atoms with Crippen molar-refractivity contribution in [2.75, 3.05) is 13.2 Å². The van der Waals surface area contributed by atoms with Gasteiger partial charge in [-0.25, -0.2) is 0 Å². The standard InChI is InChI=1S/C8H19NO/c1-4-10-6-5-8(9)7(2)3/h7-8H,4-6,9H2,1-3H3. The van der Waals surface area contributed by atoms with Crippen molar-refractivity contribution in [3.63, 3.8) is 0 Å². The number of nitrogens with two attached hydrogens (primary N) is 1. The van der Waals surface area contributed by atoms with Gasteiger partial charge in [0, 0.05) is 19.3 Å². The molecule has 0 amide bonds. The van der Waals surface area contributed by atoms with Gasteiger partial charge in [0.05, 0.1) is 0 Å². The average molecular weight is 145 g/mol. The molecule has 0 aliphatic heterocycles. The lowest BCUT2D eigenvalue weighted by atomic mass is 10.0. The summed E-state index contributed by atoms with van der Waals surface area (Å²) in [5.74, 6) is 0.570. The molecule has 0 aromatic heterocycles. The maximum atomic E-state index is 5.78. The first-order chi connectivity index (χ1) is 4.68. The smallest absolute Gasteiger partial charge is 0.0480 e. The van der Waals surface area contributed by atoms with Crippen molar-refractivity contribution in [2.45, 2.75) is 33.2 Å². The van der Waals surface area contributed by atoms with Crippen LogP contribution in [0.4, 0.5) is 0 Å². The molecule has 0 aliphatic carbocycles. The highest BCUT2D eigenvalue weighted by Crippen LogP contribution is 2.02. The van der Waals surface area contributed by atoms with Crippen molar-refractivity contribution in [3.05, 3.63) is 0 Å². The lowest BCUT2D eigenvalue weighted by molar-refractivity contribution is 0.135. The third kappa shape index (κ3) is 4.77. The Labute approximate surface area is 63.7 Å². The Kier molecular flexibility index (Phi) is 5.64. The summed E-state index contributed by atoms with van der Waals surface area (Å²) in [6.45, 7) is 7.87. The van der Waals surface area contributed by atoms with Crippen LogP contribution in [0.3, 0.4) is 0 Å². The molecule has 0 rings (SSSR count). The lowest BCUT2D eigenvalue weighted by Gasteiger charge is -2.14. The van der Waals surface area contributed by atoms with Crippen LogP contribution >= 0.6 is 0 Å². The molecule has 0 bridgehead atoms. The molecule has 0 saturated heterocycles. The molecule has 0 fully saturated rings. The summed E-state index contributed by atoms with van der Waals surface area (Å²) in [5.41, 5.74) is 5.78.